The number of nitrogens with one attached hydrogen (secondary N) is 1. The lowest BCUT2D eigenvalue weighted by Crippen LogP contribution is -2.57. The van der Waals surface area contributed by atoms with E-state index in [2.05, 4.69) is 12.2 Å². The van der Waals surface area contributed by atoms with Crippen LogP contribution in [0.1, 0.15) is 65.7 Å². The molecule has 2 unspecified atom stereocenters. The zero-order chi connectivity index (χ0) is 15.0. The minimum absolute atomic E-state index is 0.188. The quantitative estimate of drug-likeness (QED) is 0.605. The second kappa shape index (κ2) is 8.63. The molecular weight excluding hydrogens is 254 g/mol. The fraction of sp³-hybridized carbons (Fsp3) is 0.938. The molecule has 1 fully saturated rings. The van der Waals surface area contributed by atoms with E-state index in [-0.39, 0.29) is 12.0 Å². The van der Waals surface area contributed by atoms with Gasteiger partial charge >= 0.3 is 5.97 Å². The Labute approximate surface area is 123 Å². The van der Waals surface area contributed by atoms with E-state index in [9.17, 15) is 9.90 Å². The molecule has 4 nitrogen and oxygen atoms in total. The van der Waals surface area contributed by atoms with E-state index in [4.69, 9.17) is 4.74 Å². The Morgan fingerprint density at radius 1 is 1.40 bits per heavy atom. The van der Waals surface area contributed by atoms with Crippen LogP contribution < -0.4 is 5.32 Å². The van der Waals surface area contributed by atoms with Gasteiger partial charge in [0.1, 0.15) is 5.54 Å². The number of rotatable bonds is 10. The first-order valence-corrected chi connectivity index (χ1v) is 8.11. The van der Waals surface area contributed by atoms with Crippen LogP contribution >= 0.6 is 0 Å². The van der Waals surface area contributed by atoms with Gasteiger partial charge in [-0.2, -0.15) is 0 Å². The van der Waals surface area contributed by atoms with Crippen molar-refractivity contribution in [2.24, 2.45) is 5.92 Å². The van der Waals surface area contributed by atoms with E-state index in [1.54, 1.807) is 0 Å². The monoisotopic (exact) mass is 285 g/mol. The summed E-state index contributed by atoms with van der Waals surface area (Å²) in [6.07, 6.45) is 7.08. The van der Waals surface area contributed by atoms with Crippen LogP contribution in [0, 0.1) is 5.92 Å². The molecule has 0 saturated heterocycles. The normalized spacial score (nSPS) is 26.3. The summed E-state index contributed by atoms with van der Waals surface area (Å²) in [6, 6.07) is 0.192. The molecule has 0 aromatic carbocycles. The van der Waals surface area contributed by atoms with Crippen molar-refractivity contribution < 1.29 is 14.6 Å². The van der Waals surface area contributed by atoms with Crippen molar-refractivity contribution in [3.05, 3.63) is 0 Å². The van der Waals surface area contributed by atoms with Gasteiger partial charge in [0.25, 0.3) is 0 Å². The summed E-state index contributed by atoms with van der Waals surface area (Å²) in [7, 11) is 0. The van der Waals surface area contributed by atoms with E-state index in [0.29, 0.717) is 6.61 Å². The van der Waals surface area contributed by atoms with Gasteiger partial charge in [0.15, 0.2) is 0 Å². The number of hydrogen-bond donors (Lipinski definition) is 2. The number of hydrogen-bond acceptors (Lipinski definition) is 3. The third-order valence-electron chi connectivity index (χ3n) is 4.25. The fourth-order valence-corrected chi connectivity index (χ4v) is 3.30. The maximum atomic E-state index is 11.7. The van der Waals surface area contributed by atoms with Gasteiger partial charge in [0.05, 0.1) is 0 Å². The lowest BCUT2D eigenvalue weighted by atomic mass is 9.84. The van der Waals surface area contributed by atoms with Gasteiger partial charge in [0, 0.05) is 19.3 Å². The predicted octanol–water partition coefficient (Wildman–Crippen LogP) is 3.20. The van der Waals surface area contributed by atoms with Crippen LogP contribution in [0.25, 0.3) is 0 Å². The standard InChI is InChI=1S/C16H31NO3/c1-4-5-6-11-20-12-9-14-8-7-10-16(14,15(18)19)17-13(2)3/h13-14,17H,4-12H2,1-3H3,(H,18,19). The van der Waals surface area contributed by atoms with Gasteiger partial charge < -0.3 is 9.84 Å². The molecule has 1 aliphatic carbocycles. The summed E-state index contributed by atoms with van der Waals surface area (Å²) >= 11 is 0. The smallest absolute Gasteiger partial charge is 0.324 e. The second-order valence-electron chi connectivity index (χ2n) is 6.27. The maximum Gasteiger partial charge on any atom is 0.324 e. The average molecular weight is 285 g/mol. The lowest BCUT2D eigenvalue weighted by molar-refractivity contribution is -0.147. The number of carboxylic acids is 1. The third-order valence-corrected chi connectivity index (χ3v) is 4.25. The zero-order valence-corrected chi connectivity index (χ0v) is 13.3. The zero-order valence-electron chi connectivity index (χ0n) is 13.3. The molecule has 1 saturated carbocycles. The molecule has 2 N–H and O–H groups in total. The molecule has 118 valence electrons. The predicted molar refractivity (Wildman–Crippen MR) is 80.9 cm³/mol. The topological polar surface area (TPSA) is 58.6 Å². The molecule has 0 heterocycles. The summed E-state index contributed by atoms with van der Waals surface area (Å²) in [5.41, 5.74) is -0.735. The van der Waals surface area contributed by atoms with Gasteiger partial charge in [-0.25, -0.2) is 0 Å². The third kappa shape index (κ3) is 4.74. The van der Waals surface area contributed by atoms with Crippen LogP contribution in [0.15, 0.2) is 0 Å². The molecular formula is C16H31NO3. The fourth-order valence-electron chi connectivity index (χ4n) is 3.30. The highest BCUT2D eigenvalue weighted by Gasteiger charge is 2.48. The van der Waals surface area contributed by atoms with E-state index >= 15 is 0 Å². The molecule has 0 radical (unpaired) electrons. The summed E-state index contributed by atoms with van der Waals surface area (Å²) in [6.45, 7) is 7.70. The lowest BCUT2D eigenvalue weighted by Gasteiger charge is -2.34. The molecule has 0 aromatic heterocycles. The Bertz CT molecular complexity index is 293. The molecule has 20 heavy (non-hydrogen) atoms. The molecule has 1 aliphatic rings. The largest absolute Gasteiger partial charge is 0.480 e. The first-order valence-electron chi connectivity index (χ1n) is 8.11. The van der Waals surface area contributed by atoms with E-state index < -0.39 is 11.5 Å². The summed E-state index contributed by atoms with van der Waals surface area (Å²) in [4.78, 5) is 11.7. The molecule has 2 atom stereocenters. The molecule has 4 heteroatoms. The van der Waals surface area contributed by atoms with E-state index in [1.807, 2.05) is 13.8 Å². The van der Waals surface area contributed by atoms with Crippen LogP contribution in [0.3, 0.4) is 0 Å². The molecule has 0 spiro atoms. The van der Waals surface area contributed by atoms with Crippen molar-refractivity contribution in [1.29, 1.82) is 0 Å². The van der Waals surface area contributed by atoms with Crippen molar-refractivity contribution in [3.63, 3.8) is 0 Å². The van der Waals surface area contributed by atoms with Crippen molar-refractivity contribution in [2.75, 3.05) is 13.2 Å². The van der Waals surface area contributed by atoms with Gasteiger partial charge in [-0.15, -0.1) is 0 Å². The van der Waals surface area contributed by atoms with Crippen LogP contribution in [0.5, 0.6) is 0 Å². The second-order valence-corrected chi connectivity index (χ2v) is 6.27. The molecule has 0 aromatic rings. The van der Waals surface area contributed by atoms with Crippen LogP contribution in [-0.2, 0) is 9.53 Å². The highest BCUT2D eigenvalue weighted by atomic mass is 16.5. The SMILES string of the molecule is CCCCCOCCC1CCCC1(NC(C)C)C(=O)O. The number of carboxylic acid groups (broad SMARTS) is 1. The minimum atomic E-state index is -0.735. The first kappa shape index (κ1) is 17.4. The average Bonchev–Trinajstić information content (AvgIpc) is 2.77. The van der Waals surface area contributed by atoms with E-state index in [0.717, 1.165) is 38.7 Å². The van der Waals surface area contributed by atoms with Gasteiger partial charge in [-0.3, -0.25) is 10.1 Å². The van der Waals surface area contributed by atoms with E-state index in [1.165, 1.54) is 12.8 Å². The van der Waals surface area contributed by atoms with Crippen LogP contribution in [0.2, 0.25) is 0 Å². The van der Waals surface area contributed by atoms with Crippen molar-refractivity contribution in [3.8, 4) is 0 Å². The molecule has 1 rings (SSSR count). The molecule has 0 bridgehead atoms. The number of ether oxygens (including phenoxy) is 1. The molecule has 0 aliphatic heterocycles. The highest BCUT2D eigenvalue weighted by molar-refractivity contribution is 5.79. The van der Waals surface area contributed by atoms with Crippen molar-refractivity contribution in [1.82, 2.24) is 5.32 Å². The van der Waals surface area contributed by atoms with Crippen molar-refractivity contribution in [2.45, 2.75) is 77.3 Å². The summed E-state index contributed by atoms with van der Waals surface area (Å²) in [5.74, 6) is -0.506. The summed E-state index contributed by atoms with van der Waals surface area (Å²) in [5, 5.41) is 13.0. The first-order chi connectivity index (χ1) is 9.53. The Morgan fingerprint density at radius 3 is 2.75 bits per heavy atom. The number of unbranched alkanes of at least 4 members (excludes halogenated alkanes) is 2. The van der Waals surface area contributed by atoms with Crippen molar-refractivity contribution >= 4 is 5.97 Å². The summed E-state index contributed by atoms with van der Waals surface area (Å²) < 4.78 is 5.65. The Morgan fingerprint density at radius 2 is 2.15 bits per heavy atom. The Hall–Kier alpha value is -0.610. The highest BCUT2D eigenvalue weighted by Crippen LogP contribution is 2.38. The van der Waals surface area contributed by atoms with Gasteiger partial charge in [-0.05, 0) is 45.4 Å². The molecule has 0 amide bonds. The number of carbonyl (C=O) groups is 1. The van der Waals surface area contributed by atoms with Gasteiger partial charge in [-0.1, -0.05) is 26.2 Å². The Kier molecular flexibility index (Phi) is 7.52. The minimum Gasteiger partial charge on any atom is -0.480 e. The van der Waals surface area contributed by atoms with Gasteiger partial charge in [0.2, 0.25) is 0 Å². The number of aliphatic carboxylic acids is 1. The Balaban J connectivity index is 2.43. The van der Waals surface area contributed by atoms with Crippen LogP contribution in [0.4, 0.5) is 0 Å². The van der Waals surface area contributed by atoms with Crippen LogP contribution in [-0.4, -0.2) is 35.9 Å². The maximum absolute atomic E-state index is 11.7.